The molecule has 1 unspecified atom stereocenters. The van der Waals surface area contributed by atoms with Crippen LogP contribution in [0.2, 0.25) is 0 Å². The first kappa shape index (κ1) is 12.4. The van der Waals surface area contributed by atoms with E-state index in [-0.39, 0.29) is 0 Å². The second-order valence-electron chi connectivity index (χ2n) is 3.43. The molecule has 0 aliphatic carbocycles. The van der Waals surface area contributed by atoms with Crippen molar-refractivity contribution in [1.82, 2.24) is 0 Å². The first-order valence-corrected chi connectivity index (χ1v) is 5.10. The van der Waals surface area contributed by atoms with Gasteiger partial charge in [0.2, 0.25) is 0 Å². The van der Waals surface area contributed by atoms with Crippen LogP contribution in [-0.2, 0) is 5.54 Å². The van der Waals surface area contributed by atoms with E-state index in [0.717, 1.165) is 0 Å². The summed E-state index contributed by atoms with van der Waals surface area (Å²) in [7, 11) is 1.51. The molecule has 2 N–H and O–H groups in total. The van der Waals surface area contributed by atoms with Crippen LogP contribution < -0.4 is 10.5 Å². The highest BCUT2D eigenvalue weighted by Crippen LogP contribution is 2.32. The third-order valence-electron chi connectivity index (χ3n) is 2.23. The van der Waals surface area contributed by atoms with Crippen molar-refractivity contribution in [3.63, 3.8) is 0 Å². The van der Waals surface area contributed by atoms with E-state index in [9.17, 15) is 8.78 Å². The van der Waals surface area contributed by atoms with Gasteiger partial charge in [0, 0.05) is 0 Å². The van der Waals surface area contributed by atoms with E-state index in [1.54, 1.807) is 12.1 Å². The maximum atomic E-state index is 12.6. The Morgan fingerprint density at radius 2 is 2.07 bits per heavy atom. The van der Waals surface area contributed by atoms with Crippen molar-refractivity contribution in [2.75, 3.05) is 7.11 Å². The predicted octanol–water partition coefficient (Wildman–Crippen LogP) is 2.90. The summed E-state index contributed by atoms with van der Waals surface area (Å²) in [6.45, 7) is 1.30. The molecule has 0 bridgehead atoms. The van der Waals surface area contributed by atoms with Crippen LogP contribution in [0.15, 0.2) is 22.7 Å². The molecule has 0 spiro atoms. The zero-order chi connectivity index (χ0) is 11.6. The summed E-state index contributed by atoms with van der Waals surface area (Å²) in [5.41, 5.74) is 4.25. The maximum Gasteiger partial charge on any atom is 0.260 e. The third kappa shape index (κ3) is 2.46. The molecular formula is C10H12BrF2NO. The fourth-order valence-electron chi connectivity index (χ4n) is 1.13. The molecule has 2 nitrogen and oxygen atoms in total. The molecule has 1 atom stereocenters. The van der Waals surface area contributed by atoms with E-state index >= 15 is 0 Å². The van der Waals surface area contributed by atoms with Crippen LogP contribution in [0.4, 0.5) is 8.78 Å². The van der Waals surface area contributed by atoms with Gasteiger partial charge in [-0.25, -0.2) is 8.78 Å². The molecule has 0 aliphatic heterocycles. The summed E-state index contributed by atoms with van der Waals surface area (Å²) in [5.74, 6) is 0.587. The van der Waals surface area contributed by atoms with Gasteiger partial charge in [-0.2, -0.15) is 0 Å². The van der Waals surface area contributed by atoms with E-state index in [1.165, 1.54) is 20.1 Å². The van der Waals surface area contributed by atoms with Gasteiger partial charge in [-0.1, -0.05) is 6.07 Å². The van der Waals surface area contributed by atoms with E-state index in [2.05, 4.69) is 15.9 Å². The van der Waals surface area contributed by atoms with E-state index in [1.807, 2.05) is 0 Å². The first-order chi connectivity index (χ1) is 6.89. The van der Waals surface area contributed by atoms with Crippen LogP contribution in [-0.4, -0.2) is 13.5 Å². The Morgan fingerprint density at radius 3 is 2.47 bits per heavy atom. The van der Waals surface area contributed by atoms with Crippen LogP contribution in [0.1, 0.15) is 12.5 Å². The lowest BCUT2D eigenvalue weighted by Gasteiger charge is -2.24. The summed E-state index contributed by atoms with van der Waals surface area (Å²) >= 11 is 3.22. The molecule has 0 aromatic heterocycles. The highest BCUT2D eigenvalue weighted by Gasteiger charge is 2.32. The number of halogens is 3. The van der Waals surface area contributed by atoms with Crippen molar-refractivity contribution in [2.24, 2.45) is 5.73 Å². The minimum absolute atomic E-state index is 0.366. The number of ether oxygens (including phenoxy) is 1. The van der Waals surface area contributed by atoms with Crippen LogP contribution in [0, 0.1) is 0 Å². The zero-order valence-electron chi connectivity index (χ0n) is 8.43. The first-order valence-electron chi connectivity index (χ1n) is 4.30. The Bertz CT molecular complexity index is 355. The van der Waals surface area contributed by atoms with Crippen LogP contribution in [0.5, 0.6) is 5.75 Å². The van der Waals surface area contributed by atoms with E-state index in [0.29, 0.717) is 15.8 Å². The number of nitrogens with two attached hydrogens (primary N) is 1. The van der Waals surface area contributed by atoms with Crippen molar-refractivity contribution < 1.29 is 13.5 Å². The highest BCUT2D eigenvalue weighted by atomic mass is 79.9. The smallest absolute Gasteiger partial charge is 0.260 e. The molecule has 1 aromatic carbocycles. The van der Waals surface area contributed by atoms with Gasteiger partial charge >= 0.3 is 0 Å². The number of benzene rings is 1. The van der Waals surface area contributed by atoms with Crippen LogP contribution in [0.3, 0.4) is 0 Å². The van der Waals surface area contributed by atoms with Crippen molar-refractivity contribution >= 4 is 15.9 Å². The fourth-order valence-corrected chi connectivity index (χ4v) is 1.67. The Hall–Kier alpha value is -0.680. The van der Waals surface area contributed by atoms with E-state index < -0.39 is 12.0 Å². The van der Waals surface area contributed by atoms with Gasteiger partial charge in [-0.3, -0.25) is 0 Å². The predicted molar refractivity (Wildman–Crippen MR) is 58.2 cm³/mol. The standard InChI is InChI=1S/C10H12BrF2NO/c1-10(14,9(12)13)6-3-4-8(15-2)7(11)5-6/h3-5,9H,14H2,1-2H3. The second kappa shape index (κ2) is 4.45. The number of alkyl halides is 2. The van der Waals surface area contributed by atoms with E-state index in [4.69, 9.17) is 10.5 Å². The Kier molecular flexibility index (Phi) is 3.67. The molecule has 0 radical (unpaired) electrons. The normalized spacial score (nSPS) is 15.1. The molecule has 0 aliphatic rings. The van der Waals surface area contributed by atoms with Crippen LogP contribution in [0.25, 0.3) is 0 Å². The number of methoxy groups -OCH3 is 1. The molecule has 0 saturated carbocycles. The summed E-state index contributed by atoms with van der Waals surface area (Å²) in [6.07, 6.45) is -2.61. The quantitative estimate of drug-likeness (QED) is 0.924. The second-order valence-corrected chi connectivity index (χ2v) is 4.29. The molecule has 1 aromatic rings. The SMILES string of the molecule is COc1ccc(C(C)(N)C(F)F)cc1Br. The number of hydrogen-bond acceptors (Lipinski definition) is 2. The molecule has 0 amide bonds. The van der Waals surface area contributed by atoms with Crippen molar-refractivity contribution in [3.05, 3.63) is 28.2 Å². The summed E-state index contributed by atoms with van der Waals surface area (Å²) in [6, 6.07) is 4.69. The maximum absolute atomic E-state index is 12.6. The monoisotopic (exact) mass is 279 g/mol. The van der Waals surface area contributed by atoms with Crippen molar-refractivity contribution in [3.8, 4) is 5.75 Å². The molecule has 15 heavy (non-hydrogen) atoms. The van der Waals surface area contributed by atoms with Gasteiger partial charge < -0.3 is 10.5 Å². The van der Waals surface area contributed by atoms with Crippen molar-refractivity contribution in [2.45, 2.75) is 18.9 Å². The summed E-state index contributed by atoms with van der Waals surface area (Å²) < 4.78 is 30.9. The minimum Gasteiger partial charge on any atom is -0.496 e. The lowest BCUT2D eigenvalue weighted by molar-refractivity contribution is 0.0624. The Morgan fingerprint density at radius 1 is 1.47 bits per heavy atom. The highest BCUT2D eigenvalue weighted by molar-refractivity contribution is 9.10. The molecule has 1 rings (SSSR count). The Balaban J connectivity index is 3.12. The average molecular weight is 280 g/mol. The van der Waals surface area contributed by atoms with Crippen molar-refractivity contribution in [1.29, 1.82) is 0 Å². The van der Waals surface area contributed by atoms with Gasteiger partial charge in [-0.05, 0) is 40.5 Å². The summed E-state index contributed by atoms with van der Waals surface area (Å²) in [4.78, 5) is 0. The van der Waals surface area contributed by atoms with Crippen LogP contribution >= 0.6 is 15.9 Å². The molecule has 84 valence electrons. The van der Waals surface area contributed by atoms with Gasteiger partial charge in [0.15, 0.2) is 0 Å². The minimum atomic E-state index is -2.61. The number of hydrogen-bond donors (Lipinski definition) is 1. The topological polar surface area (TPSA) is 35.2 Å². The molecule has 0 heterocycles. The largest absolute Gasteiger partial charge is 0.496 e. The van der Waals surface area contributed by atoms with Gasteiger partial charge in [0.05, 0.1) is 17.1 Å². The number of rotatable bonds is 3. The lowest BCUT2D eigenvalue weighted by atomic mass is 9.94. The lowest BCUT2D eigenvalue weighted by Crippen LogP contribution is -2.40. The third-order valence-corrected chi connectivity index (χ3v) is 2.85. The summed E-state index contributed by atoms with van der Waals surface area (Å²) in [5, 5.41) is 0. The fraction of sp³-hybridized carbons (Fsp3) is 0.400. The van der Waals surface area contributed by atoms with Gasteiger partial charge in [-0.15, -0.1) is 0 Å². The van der Waals surface area contributed by atoms with Gasteiger partial charge in [0.1, 0.15) is 5.75 Å². The molecule has 0 fully saturated rings. The Labute approximate surface area is 95.5 Å². The zero-order valence-corrected chi connectivity index (χ0v) is 10.0. The molecule has 0 saturated heterocycles. The molecule has 5 heteroatoms. The average Bonchev–Trinajstić information content (AvgIpc) is 2.17. The van der Waals surface area contributed by atoms with Gasteiger partial charge in [0.25, 0.3) is 6.43 Å². The molecular weight excluding hydrogens is 268 g/mol.